The average molecular weight is 1150 g/mol. The van der Waals surface area contributed by atoms with Crippen LogP contribution in [-0.4, -0.2) is 154 Å². The summed E-state index contributed by atoms with van der Waals surface area (Å²) >= 11 is 0. The van der Waals surface area contributed by atoms with E-state index in [4.69, 9.17) is 11.5 Å². The van der Waals surface area contributed by atoms with Gasteiger partial charge in [0.05, 0.1) is 24.5 Å². The van der Waals surface area contributed by atoms with Gasteiger partial charge in [0.2, 0.25) is 59.1 Å². The predicted molar refractivity (Wildman–Crippen MR) is 308 cm³/mol. The van der Waals surface area contributed by atoms with Crippen LogP contribution in [0.15, 0.2) is 91.0 Å². The highest BCUT2D eigenvalue weighted by atomic mass is 16.3. The SMILES string of the molecule is CC(C)CC1NC(=O)[C@H](CCCN)NC(=O)[C@H](C(C)C)NC(=O)[C@@H](C)[C@H](O)[C@H](C)[C@H](O)CNC(=O)C(CC(N)=O)NC(=O)[C@@H](Cc2ccccc2)NC(=O)[C@H](Cc2ccccc2)NC(=O)[C@@H]2CCCN2C(=O)[C@@H](Cc2ccccc2)NC1=O. The molecule has 0 radical (unpaired) electrons. The lowest BCUT2D eigenvalue weighted by Gasteiger charge is -2.32. The lowest BCUT2D eigenvalue weighted by Crippen LogP contribution is -2.61. The van der Waals surface area contributed by atoms with E-state index in [2.05, 4.69) is 42.5 Å². The molecule has 0 spiro atoms. The lowest BCUT2D eigenvalue weighted by atomic mass is 9.88. The monoisotopic (exact) mass is 1150 g/mol. The van der Waals surface area contributed by atoms with Gasteiger partial charge >= 0.3 is 0 Å². The van der Waals surface area contributed by atoms with Gasteiger partial charge in [0.1, 0.15) is 48.3 Å². The maximum Gasteiger partial charge on any atom is 0.246 e. The van der Waals surface area contributed by atoms with Gasteiger partial charge in [-0.2, -0.15) is 0 Å². The number of nitrogens with one attached hydrogen (secondary N) is 8. The molecule has 2 fully saturated rings. The molecule has 2 heterocycles. The summed E-state index contributed by atoms with van der Waals surface area (Å²) in [5, 5.41) is 44.4. The minimum Gasteiger partial charge on any atom is -0.392 e. The Labute approximate surface area is 485 Å². The van der Waals surface area contributed by atoms with Crippen molar-refractivity contribution in [2.45, 2.75) is 160 Å². The van der Waals surface area contributed by atoms with Crippen molar-refractivity contribution in [3.05, 3.63) is 108 Å². The second-order valence-corrected chi connectivity index (χ2v) is 22.5. The predicted octanol–water partition coefficient (Wildman–Crippen LogP) is -0.461. The molecular weight excluding hydrogens is 1070 g/mol. The fraction of sp³-hybridized carbons (Fsp3) is 0.533. The van der Waals surface area contributed by atoms with Crippen LogP contribution in [0.5, 0.6) is 0 Å². The zero-order valence-corrected chi connectivity index (χ0v) is 48.3. The lowest BCUT2D eigenvalue weighted by molar-refractivity contribution is -0.142. The number of amides is 10. The summed E-state index contributed by atoms with van der Waals surface area (Å²) in [7, 11) is 0. The normalized spacial score (nSPS) is 27.4. The number of carbonyl (C=O) groups excluding carboxylic acids is 10. The zero-order valence-electron chi connectivity index (χ0n) is 48.3. The van der Waals surface area contributed by atoms with Gasteiger partial charge in [0, 0.05) is 38.3 Å². The van der Waals surface area contributed by atoms with E-state index in [9.17, 15) is 53.4 Å². The smallest absolute Gasteiger partial charge is 0.246 e. The summed E-state index contributed by atoms with van der Waals surface area (Å²) in [5.41, 5.74) is 13.3. The number of hydrogen-bond donors (Lipinski definition) is 12. The molecule has 14 N–H and O–H groups in total. The number of primary amides is 1. The van der Waals surface area contributed by atoms with E-state index >= 15 is 4.79 Å². The van der Waals surface area contributed by atoms with Gasteiger partial charge < -0.3 is 69.1 Å². The van der Waals surface area contributed by atoms with E-state index in [0.717, 1.165) is 0 Å². The van der Waals surface area contributed by atoms with Crippen molar-refractivity contribution in [1.82, 2.24) is 47.4 Å². The number of carbonyl (C=O) groups is 10. The van der Waals surface area contributed by atoms with E-state index in [-0.39, 0.29) is 64.0 Å². The minimum atomic E-state index is -1.64. The number of hydrogen-bond acceptors (Lipinski definition) is 13. The number of rotatable bonds is 14. The fourth-order valence-electron chi connectivity index (χ4n) is 10.2. The number of nitrogens with zero attached hydrogens (tertiary/aromatic N) is 1. The Balaban J connectivity index is 1.58. The number of nitrogens with two attached hydrogens (primary N) is 2. The van der Waals surface area contributed by atoms with Gasteiger partial charge in [-0.25, -0.2) is 0 Å². The summed E-state index contributed by atoms with van der Waals surface area (Å²) in [6.07, 6.45) is -3.03. The Hall–Kier alpha value is -7.76. The van der Waals surface area contributed by atoms with Crippen LogP contribution in [0.3, 0.4) is 0 Å². The topological polar surface area (TPSA) is 363 Å². The van der Waals surface area contributed by atoms with Crippen LogP contribution in [0, 0.1) is 23.7 Å². The van der Waals surface area contributed by atoms with Gasteiger partial charge in [-0.15, -0.1) is 0 Å². The molecule has 10 amide bonds. The standard InChI is InChI=1S/C60H85N11O12/c1-34(2)28-42-55(78)69-46(31-40-22-14-9-15-23-40)60(83)71-27-17-25-47(71)58(81)68-44(30-39-20-12-8-13-21-39)57(80)66-43(29-38-18-10-7-11-19-38)56(79)67-45(32-49(62)73)53(76)63-33-48(72)36(5)51(74)37(6)52(75)70-50(35(3)4)59(82)64-41(24-16-26-61)54(77)65-42/h7-15,18-23,34-37,41-48,50-51,72,74H,16-17,24-33,61H2,1-6H3,(H2,62,73)(H,63,76)(H,64,82)(H,65,77)(H,66,80)(H,67,79)(H,68,81)(H,69,78)(H,70,75)/t36-,37+,41+,42?,43-,44+,45?,46-,47+,48-,50+,51-/m1/s1. The molecule has 23 heteroatoms. The number of benzene rings is 3. The molecule has 0 aromatic heterocycles. The first-order valence-corrected chi connectivity index (χ1v) is 28.6. The highest BCUT2D eigenvalue weighted by Crippen LogP contribution is 2.22. The Bertz CT molecular complexity index is 2680. The molecule has 2 aliphatic heterocycles. The Morgan fingerprint density at radius 2 is 1.04 bits per heavy atom. The number of β-amino-alcohol motifs (C(OH)–C–C–N with tert-alkyl or cyclic N) is 1. The summed E-state index contributed by atoms with van der Waals surface area (Å²) in [4.78, 5) is 143. The first-order valence-electron chi connectivity index (χ1n) is 28.6. The van der Waals surface area contributed by atoms with Crippen LogP contribution in [0.2, 0.25) is 0 Å². The molecule has 2 saturated heterocycles. The second kappa shape index (κ2) is 32.2. The van der Waals surface area contributed by atoms with Crippen molar-refractivity contribution < 1.29 is 58.2 Å². The van der Waals surface area contributed by atoms with Crippen molar-refractivity contribution in [2.75, 3.05) is 19.6 Å². The van der Waals surface area contributed by atoms with Crippen molar-refractivity contribution >= 4 is 59.1 Å². The van der Waals surface area contributed by atoms with Crippen LogP contribution < -0.4 is 54.0 Å². The molecule has 3 aromatic rings. The quantitative estimate of drug-likeness (QED) is 0.0974. The summed E-state index contributed by atoms with van der Waals surface area (Å²) < 4.78 is 0. The molecule has 0 aliphatic carbocycles. The first-order chi connectivity index (χ1) is 39.5. The largest absolute Gasteiger partial charge is 0.392 e. The first kappa shape index (κ1) is 66.0. The highest BCUT2D eigenvalue weighted by molar-refractivity contribution is 5.99. The van der Waals surface area contributed by atoms with Crippen LogP contribution in [0.4, 0.5) is 0 Å². The molecule has 12 atom stereocenters. The van der Waals surface area contributed by atoms with Gasteiger partial charge in [-0.05, 0) is 67.2 Å². The van der Waals surface area contributed by atoms with E-state index in [1.807, 2.05) is 13.8 Å². The Morgan fingerprint density at radius 3 is 1.54 bits per heavy atom. The van der Waals surface area contributed by atoms with E-state index < -0.39 is 150 Å². The van der Waals surface area contributed by atoms with E-state index in [1.165, 1.54) is 18.7 Å². The molecule has 5 rings (SSSR count). The van der Waals surface area contributed by atoms with Crippen molar-refractivity contribution in [1.29, 1.82) is 0 Å². The number of aliphatic hydroxyl groups is 2. The van der Waals surface area contributed by atoms with Gasteiger partial charge in [0.25, 0.3) is 0 Å². The third kappa shape index (κ3) is 20.0. The Morgan fingerprint density at radius 1 is 0.578 bits per heavy atom. The fourth-order valence-corrected chi connectivity index (χ4v) is 10.2. The van der Waals surface area contributed by atoms with Crippen molar-refractivity contribution in [3.63, 3.8) is 0 Å². The second-order valence-electron chi connectivity index (χ2n) is 22.5. The van der Waals surface area contributed by atoms with E-state index in [1.54, 1.807) is 105 Å². The van der Waals surface area contributed by atoms with Crippen molar-refractivity contribution in [3.8, 4) is 0 Å². The van der Waals surface area contributed by atoms with Crippen LogP contribution in [-0.2, 0) is 67.2 Å². The van der Waals surface area contributed by atoms with Crippen LogP contribution in [0.25, 0.3) is 0 Å². The average Bonchev–Trinajstić information content (AvgIpc) is 4.12. The summed E-state index contributed by atoms with van der Waals surface area (Å²) in [6.45, 7) is 9.51. The third-order valence-corrected chi connectivity index (χ3v) is 15.1. The summed E-state index contributed by atoms with van der Waals surface area (Å²) in [5.74, 6) is -11.0. The van der Waals surface area contributed by atoms with Crippen molar-refractivity contribution in [2.24, 2.45) is 35.1 Å². The molecule has 2 aliphatic rings. The highest BCUT2D eigenvalue weighted by Gasteiger charge is 2.42. The molecule has 83 heavy (non-hydrogen) atoms. The molecule has 0 saturated carbocycles. The molecule has 3 aromatic carbocycles. The molecule has 452 valence electrons. The van der Waals surface area contributed by atoms with Gasteiger partial charge in [-0.1, -0.05) is 133 Å². The molecule has 0 bridgehead atoms. The number of fused-ring (bicyclic) bond motifs is 1. The maximum atomic E-state index is 15.0. The van der Waals surface area contributed by atoms with Gasteiger partial charge in [0.15, 0.2) is 0 Å². The Kier molecular flexibility index (Phi) is 25.6. The van der Waals surface area contributed by atoms with Crippen LogP contribution >= 0.6 is 0 Å². The summed E-state index contributed by atoms with van der Waals surface area (Å²) in [6, 6.07) is 15.7. The van der Waals surface area contributed by atoms with Crippen LogP contribution in [0.1, 0.15) is 96.8 Å². The molecule has 23 nitrogen and oxygen atoms in total. The molecular formula is C60H85N11O12. The number of aliphatic hydroxyl groups excluding tert-OH is 2. The molecule has 2 unspecified atom stereocenters. The van der Waals surface area contributed by atoms with E-state index in [0.29, 0.717) is 23.1 Å². The third-order valence-electron chi connectivity index (χ3n) is 15.1. The minimum absolute atomic E-state index is 0.0168. The zero-order chi connectivity index (χ0) is 60.9. The maximum absolute atomic E-state index is 15.0. The van der Waals surface area contributed by atoms with Gasteiger partial charge in [-0.3, -0.25) is 47.9 Å².